The van der Waals surface area contributed by atoms with Crippen molar-refractivity contribution in [2.24, 2.45) is 0 Å². The van der Waals surface area contributed by atoms with Gasteiger partial charge in [0.1, 0.15) is 17.3 Å². The highest BCUT2D eigenvalue weighted by atomic mass is 16.5. The highest BCUT2D eigenvalue weighted by Gasteiger charge is 2.23. The van der Waals surface area contributed by atoms with Crippen LogP contribution in [0.3, 0.4) is 0 Å². The Morgan fingerprint density at radius 1 is 0.673 bits per heavy atom. The van der Waals surface area contributed by atoms with Gasteiger partial charge in [-0.3, -0.25) is 4.57 Å². The van der Waals surface area contributed by atoms with E-state index in [1.807, 2.05) is 6.20 Å². The number of ether oxygens (including phenoxy) is 1. The van der Waals surface area contributed by atoms with Gasteiger partial charge in [0.2, 0.25) is 0 Å². The molecule has 0 amide bonds. The van der Waals surface area contributed by atoms with E-state index >= 15 is 0 Å². The predicted molar refractivity (Wildman–Crippen MR) is 218 cm³/mol. The molecule has 0 saturated carbocycles. The Kier molecular flexibility index (Phi) is 9.80. The predicted octanol–water partition coefficient (Wildman–Crippen LogP) is 13.2. The van der Waals surface area contributed by atoms with E-state index in [2.05, 4.69) is 163 Å². The van der Waals surface area contributed by atoms with Gasteiger partial charge in [0.15, 0.2) is 0 Å². The van der Waals surface area contributed by atoms with Crippen molar-refractivity contribution < 1.29 is 4.74 Å². The number of nitrogens with zero attached hydrogens (tertiary/aromatic N) is 4. The van der Waals surface area contributed by atoms with Gasteiger partial charge in [-0.05, 0) is 115 Å². The SMILES string of the molecule is CCCCc1ccnc(-n2c3ccccc3c3ccc(Oc4cc(C(C)C)cc(-n5nc(C)c(-c6c(C(C)C)cccc6C(C)C)c5C)c4)cc32)c1. The van der Waals surface area contributed by atoms with Crippen molar-refractivity contribution in [3.8, 4) is 34.1 Å². The summed E-state index contributed by atoms with van der Waals surface area (Å²) in [5, 5.41) is 7.57. The van der Waals surface area contributed by atoms with Crippen LogP contribution in [0.5, 0.6) is 11.5 Å². The fourth-order valence-corrected chi connectivity index (χ4v) is 7.73. The highest BCUT2D eigenvalue weighted by Crippen LogP contribution is 2.41. The lowest BCUT2D eigenvalue weighted by Gasteiger charge is -2.20. The first kappa shape index (κ1) is 35.3. The summed E-state index contributed by atoms with van der Waals surface area (Å²) in [6.07, 6.45) is 5.32. The highest BCUT2D eigenvalue weighted by molar-refractivity contribution is 6.09. The van der Waals surface area contributed by atoms with Crippen LogP contribution in [0.25, 0.3) is 44.4 Å². The lowest BCUT2D eigenvalue weighted by molar-refractivity contribution is 0.481. The van der Waals surface area contributed by atoms with Crippen LogP contribution in [0.1, 0.15) is 113 Å². The van der Waals surface area contributed by atoms with Crippen molar-refractivity contribution in [1.29, 1.82) is 0 Å². The Labute approximate surface area is 309 Å². The number of pyridine rings is 1. The molecule has 0 radical (unpaired) electrons. The van der Waals surface area contributed by atoms with Crippen molar-refractivity contribution >= 4 is 21.8 Å². The van der Waals surface area contributed by atoms with E-state index < -0.39 is 0 Å². The van der Waals surface area contributed by atoms with Crippen LogP contribution < -0.4 is 4.74 Å². The summed E-state index contributed by atoms with van der Waals surface area (Å²) in [5.41, 5.74) is 13.2. The van der Waals surface area contributed by atoms with Crippen molar-refractivity contribution in [3.05, 3.63) is 131 Å². The van der Waals surface area contributed by atoms with E-state index in [0.717, 1.165) is 58.3 Å². The van der Waals surface area contributed by atoms with Crippen LogP contribution >= 0.6 is 0 Å². The van der Waals surface area contributed by atoms with Crippen molar-refractivity contribution in [2.45, 2.75) is 99.3 Å². The summed E-state index contributed by atoms with van der Waals surface area (Å²) < 4.78 is 11.2. The van der Waals surface area contributed by atoms with Crippen LogP contribution in [-0.2, 0) is 6.42 Å². The molecule has 0 saturated heterocycles. The molecule has 52 heavy (non-hydrogen) atoms. The number of hydrogen-bond donors (Lipinski definition) is 0. The molecule has 0 unspecified atom stereocenters. The van der Waals surface area contributed by atoms with E-state index in [1.165, 1.54) is 50.6 Å². The van der Waals surface area contributed by atoms with Gasteiger partial charge in [0.25, 0.3) is 0 Å². The number of unbranched alkanes of at least 4 members (excludes halogenated alkanes) is 1. The molecule has 0 N–H and O–H groups in total. The van der Waals surface area contributed by atoms with Gasteiger partial charge in [-0.25, -0.2) is 9.67 Å². The fraction of sp³-hybridized carbons (Fsp3) is 0.319. The maximum atomic E-state index is 6.79. The summed E-state index contributed by atoms with van der Waals surface area (Å²) in [6, 6.07) is 32.7. The summed E-state index contributed by atoms with van der Waals surface area (Å²) in [5.74, 6) is 3.62. The number of benzene rings is 4. The zero-order chi connectivity index (χ0) is 36.7. The van der Waals surface area contributed by atoms with Crippen molar-refractivity contribution in [2.75, 3.05) is 0 Å². The van der Waals surface area contributed by atoms with Crippen LogP contribution in [0.4, 0.5) is 0 Å². The smallest absolute Gasteiger partial charge is 0.137 e. The normalized spacial score (nSPS) is 11.9. The largest absolute Gasteiger partial charge is 0.457 e. The van der Waals surface area contributed by atoms with E-state index in [9.17, 15) is 0 Å². The molecule has 3 aromatic heterocycles. The Morgan fingerprint density at radius 3 is 2.12 bits per heavy atom. The van der Waals surface area contributed by atoms with Gasteiger partial charge in [-0.1, -0.05) is 91.3 Å². The molecule has 7 rings (SSSR count). The summed E-state index contributed by atoms with van der Waals surface area (Å²) >= 11 is 0. The summed E-state index contributed by atoms with van der Waals surface area (Å²) in [7, 11) is 0. The molecule has 0 aliphatic rings. The molecule has 0 aliphatic heterocycles. The van der Waals surface area contributed by atoms with Crippen molar-refractivity contribution in [1.82, 2.24) is 19.3 Å². The molecule has 0 aliphatic carbocycles. The van der Waals surface area contributed by atoms with Gasteiger partial charge in [0, 0.05) is 40.4 Å². The number of aromatic nitrogens is 4. The number of rotatable bonds is 11. The zero-order valence-corrected chi connectivity index (χ0v) is 32.3. The summed E-state index contributed by atoms with van der Waals surface area (Å²) in [6.45, 7) is 20.2. The third-order valence-electron chi connectivity index (χ3n) is 10.5. The molecule has 0 spiro atoms. The van der Waals surface area contributed by atoms with Crippen LogP contribution in [-0.4, -0.2) is 19.3 Å². The maximum absolute atomic E-state index is 6.79. The van der Waals surface area contributed by atoms with Crippen LogP contribution in [0.2, 0.25) is 0 Å². The molecule has 266 valence electrons. The quantitative estimate of drug-likeness (QED) is 0.136. The average molecular weight is 689 g/mol. The van der Waals surface area contributed by atoms with Crippen LogP contribution in [0, 0.1) is 13.8 Å². The molecular formula is C47H52N4O. The maximum Gasteiger partial charge on any atom is 0.137 e. The minimum absolute atomic E-state index is 0.309. The fourth-order valence-electron chi connectivity index (χ4n) is 7.73. The molecule has 0 atom stereocenters. The lowest BCUT2D eigenvalue weighted by Crippen LogP contribution is -2.03. The molecule has 0 bridgehead atoms. The lowest BCUT2D eigenvalue weighted by atomic mass is 9.84. The van der Waals surface area contributed by atoms with E-state index in [0.29, 0.717) is 17.8 Å². The topological polar surface area (TPSA) is 44.9 Å². The first-order valence-corrected chi connectivity index (χ1v) is 19.1. The number of para-hydroxylation sites is 1. The standard InChI is InChI=1S/C47H52N4O/c1-10-11-15-34-22-23-48-45(24-34)50-43-19-13-12-16-41(43)42-21-20-37(28-44(42)50)52-38-26-35(29(2)3)25-36(27-38)51-33(9)46(32(8)49-51)47-39(30(4)5)17-14-18-40(47)31(6)7/h12-14,16-31H,10-11,15H2,1-9H3. The number of hydrogen-bond acceptors (Lipinski definition) is 3. The van der Waals surface area contributed by atoms with Gasteiger partial charge in [-0.15, -0.1) is 0 Å². The molecule has 0 fully saturated rings. The number of aryl methyl sites for hydroxylation is 2. The molecule has 5 nitrogen and oxygen atoms in total. The van der Waals surface area contributed by atoms with Gasteiger partial charge < -0.3 is 4.74 Å². The van der Waals surface area contributed by atoms with Crippen molar-refractivity contribution in [3.63, 3.8) is 0 Å². The van der Waals surface area contributed by atoms with E-state index in [1.54, 1.807) is 0 Å². The summed E-state index contributed by atoms with van der Waals surface area (Å²) in [4.78, 5) is 4.86. The second-order valence-corrected chi connectivity index (χ2v) is 15.3. The number of fused-ring (bicyclic) bond motifs is 3. The van der Waals surface area contributed by atoms with E-state index in [4.69, 9.17) is 14.8 Å². The first-order valence-electron chi connectivity index (χ1n) is 19.1. The molecule has 4 aromatic carbocycles. The Hall–Kier alpha value is -5.16. The second-order valence-electron chi connectivity index (χ2n) is 15.3. The first-order chi connectivity index (χ1) is 25.0. The van der Waals surface area contributed by atoms with Gasteiger partial charge in [-0.2, -0.15) is 5.10 Å². The van der Waals surface area contributed by atoms with Gasteiger partial charge in [0.05, 0.1) is 22.4 Å². The van der Waals surface area contributed by atoms with Crippen LogP contribution in [0.15, 0.2) is 97.2 Å². The monoisotopic (exact) mass is 688 g/mol. The van der Waals surface area contributed by atoms with Gasteiger partial charge >= 0.3 is 0 Å². The average Bonchev–Trinajstić information content (AvgIpc) is 3.62. The minimum Gasteiger partial charge on any atom is -0.457 e. The Balaban J connectivity index is 1.33. The third-order valence-corrected chi connectivity index (χ3v) is 10.5. The second kappa shape index (κ2) is 14.5. The minimum atomic E-state index is 0.309. The molecular weight excluding hydrogens is 637 g/mol. The molecule has 3 heterocycles. The Bertz CT molecular complexity index is 2360. The van der Waals surface area contributed by atoms with E-state index in [-0.39, 0.29) is 0 Å². The Morgan fingerprint density at radius 2 is 1.40 bits per heavy atom. The third kappa shape index (κ3) is 6.53. The zero-order valence-electron chi connectivity index (χ0n) is 32.3. The molecule has 7 aromatic rings. The molecule has 5 heteroatoms.